The van der Waals surface area contributed by atoms with Crippen LogP contribution in [0.4, 0.5) is 0 Å². The number of para-hydroxylation sites is 1. The topological polar surface area (TPSA) is 31.2 Å². The molecule has 0 fully saturated rings. The maximum atomic E-state index is 10.6. The number of benzene rings is 1. The molecule has 0 aliphatic carbocycles. The summed E-state index contributed by atoms with van der Waals surface area (Å²) >= 11 is 0. The highest BCUT2D eigenvalue weighted by molar-refractivity contribution is 5.87. The van der Waals surface area contributed by atoms with Crippen LogP contribution in [-0.2, 0) is 17.8 Å². The lowest BCUT2D eigenvalue weighted by atomic mass is 10.2. The maximum absolute atomic E-state index is 10.6. The molecule has 0 aliphatic rings. The Morgan fingerprint density at radius 2 is 2.25 bits per heavy atom. The fourth-order valence-corrected chi connectivity index (χ4v) is 2.13. The van der Waals surface area contributed by atoms with E-state index in [-0.39, 0.29) is 0 Å². The third kappa shape index (κ3) is 1.58. The molecule has 0 unspecified atom stereocenters. The molecule has 2 rings (SSSR count). The van der Waals surface area contributed by atoms with Gasteiger partial charge in [-0.05, 0) is 19.1 Å². The van der Waals surface area contributed by atoms with E-state index in [1.54, 1.807) is 7.11 Å². The standard InChI is InChI=1S/C13H15NO2/c1-3-14-11(7-8-15)9-10-5-4-6-12(16-2)13(10)14/h4-6,8-9H,3,7H2,1-2H3. The number of ether oxygens (including phenoxy) is 1. The zero-order valence-electron chi connectivity index (χ0n) is 9.56. The van der Waals surface area contributed by atoms with Crippen molar-refractivity contribution in [2.45, 2.75) is 19.9 Å². The molecular formula is C13H15NO2. The largest absolute Gasteiger partial charge is 0.495 e. The van der Waals surface area contributed by atoms with Crippen molar-refractivity contribution in [3.8, 4) is 5.75 Å². The van der Waals surface area contributed by atoms with Crippen LogP contribution in [0.3, 0.4) is 0 Å². The molecule has 16 heavy (non-hydrogen) atoms. The molecule has 2 aromatic rings. The smallest absolute Gasteiger partial charge is 0.143 e. The van der Waals surface area contributed by atoms with E-state index in [0.717, 1.165) is 35.2 Å². The number of fused-ring (bicyclic) bond motifs is 1. The summed E-state index contributed by atoms with van der Waals surface area (Å²) < 4.78 is 7.48. The zero-order valence-corrected chi connectivity index (χ0v) is 9.56. The lowest BCUT2D eigenvalue weighted by Crippen LogP contribution is -2.01. The monoisotopic (exact) mass is 217 g/mol. The first kappa shape index (κ1) is 10.7. The van der Waals surface area contributed by atoms with E-state index in [4.69, 9.17) is 4.74 Å². The van der Waals surface area contributed by atoms with Gasteiger partial charge in [0.1, 0.15) is 12.0 Å². The van der Waals surface area contributed by atoms with Crippen LogP contribution in [-0.4, -0.2) is 18.0 Å². The third-order valence-electron chi connectivity index (χ3n) is 2.80. The Morgan fingerprint density at radius 3 is 2.88 bits per heavy atom. The van der Waals surface area contributed by atoms with Gasteiger partial charge in [-0.1, -0.05) is 12.1 Å². The molecular weight excluding hydrogens is 202 g/mol. The van der Waals surface area contributed by atoms with Crippen molar-refractivity contribution in [3.63, 3.8) is 0 Å². The minimum Gasteiger partial charge on any atom is -0.495 e. The molecule has 3 heteroatoms. The summed E-state index contributed by atoms with van der Waals surface area (Å²) in [5.74, 6) is 0.858. The lowest BCUT2D eigenvalue weighted by molar-refractivity contribution is -0.107. The van der Waals surface area contributed by atoms with E-state index >= 15 is 0 Å². The SMILES string of the molecule is CCn1c(CC=O)cc2cccc(OC)c21. The predicted octanol–water partition coefficient (Wildman–Crippen LogP) is 2.41. The number of rotatable bonds is 4. The van der Waals surface area contributed by atoms with E-state index in [0.29, 0.717) is 6.42 Å². The molecule has 1 aromatic carbocycles. The average molecular weight is 217 g/mol. The molecule has 0 saturated heterocycles. The number of aldehydes is 1. The molecule has 0 saturated carbocycles. The Balaban J connectivity index is 2.72. The van der Waals surface area contributed by atoms with E-state index in [9.17, 15) is 4.79 Å². The van der Waals surface area contributed by atoms with Crippen molar-refractivity contribution in [1.82, 2.24) is 4.57 Å². The molecule has 0 spiro atoms. The molecule has 0 N–H and O–H groups in total. The first-order valence-electron chi connectivity index (χ1n) is 5.40. The van der Waals surface area contributed by atoms with Gasteiger partial charge in [0.15, 0.2) is 0 Å². The summed E-state index contributed by atoms with van der Waals surface area (Å²) in [6.45, 7) is 2.91. The third-order valence-corrected chi connectivity index (χ3v) is 2.80. The first-order valence-corrected chi connectivity index (χ1v) is 5.40. The lowest BCUT2D eigenvalue weighted by Gasteiger charge is -2.08. The highest BCUT2D eigenvalue weighted by Gasteiger charge is 2.10. The van der Waals surface area contributed by atoms with Crippen LogP contribution < -0.4 is 4.74 Å². The van der Waals surface area contributed by atoms with Crippen LogP contribution in [0.2, 0.25) is 0 Å². The van der Waals surface area contributed by atoms with Gasteiger partial charge in [0, 0.05) is 24.0 Å². The Bertz CT molecular complexity index is 514. The van der Waals surface area contributed by atoms with E-state index in [2.05, 4.69) is 17.6 Å². The molecule has 1 heterocycles. The minimum atomic E-state index is 0.450. The number of aryl methyl sites for hydroxylation is 1. The minimum absolute atomic E-state index is 0.450. The summed E-state index contributed by atoms with van der Waals surface area (Å²) in [6.07, 6.45) is 1.39. The number of hydrogen-bond acceptors (Lipinski definition) is 2. The van der Waals surface area contributed by atoms with Gasteiger partial charge in [0.2, 0.25) is 0 Å². The van der Waals surface area contributed by atoms with Crippen LogP contribution in [0, 0.1) is 0 Å². The number of methoxy groups -OCH3 is 1. The fraction of sp³-hybridized carbons (Fsp3) is 0.308. The van der Waals surface area contributed by atoms with Crippen molar-refractivity contribution in [1.29, 1.82) is 0 Å². The number of hydrogen-bond donors (Lipinski definition) is 0. The van der Waals surface area contributed by atoms with Crippen molar-refractivity contribution < 1.29 is 9.53 Å². The summed E-state index contributed by atoms with van der Waals surface area (Å²) in [5, 5.41) is 1.12. The van der Waals surface area contributed by atoms with Gasteiger partial charge >= 0.3 is 0 Å². The summed E-state index contributed by atoms with van der Waals surface area (Å²) in [7, 11) is 1.67. The van der Waals surface area contributed by atoms with Gasteiger partial charge in [-0.15, -0.1) is 0 Å². The summed E-state index contributed by atoms with van der Waals surface area (Å²) in [6, 6.07) is 8.00. The van der Waals surface area contributed by atoms with Crippen LogP contribution in [0.15, 0.2) is 24.3 Å². The summed E-state index contributed by atoms with van der Waals surface area (Å²) in [4.78, 5) is 10.6. The average Bonchev–Trinajstić information content (AvgIpc) is 2.66. The second kappa shape index (κ2) is 4.39. The zero-order chi connectivity index (χ0) is 11.5. The molecule has 0 aliphatic heterocycles. The van der Waals surface area contributed by atoms with Crippen LogP contribution >= 0.6 is 0 Å². The van der Waals surface area contributed by atoms with Crippen LogP contribution in [0.1, 0.15) is 12.6 Å². The second-order valence-electron chi connectivity index (χ2n) is 3.65. The van der Waals surface area contributed by atoms with Gasteiger partial charge in [-0.2, -0.15) is 0 Å². The second-order valence-corrected chi connectivity index (χ2v) is 3.65. The predicted molar refractivity (Wildman–Crippen MR) is 63.9 cm³/mol. The normalized spacial score (nSPS) is 10.6. The molecule has 0 radical (unpaired) electrons. The van der Waals surface area contributed by atoms with Crippen molar-refractivity contribution in [2.75, 3.05) is 7.11 Å². The number of carbonyl (C=O) groups excluding carboxylic acids is 1. The summed E-state index contributed by atoms with van der Waals surface area (Å²) in [5.41, 5.74) is 2.11. The Kier molecular flexibility index (Phi) is 2.95. The Morgan fingerprint density at radius 1 is 1.44 bits per heavy atom. The Labute approximate surface area is 94.6 Å². The molecule has 0 atom stereocenters. The number of carbonyl (C=O) groups is 1. The van der Waals surface area contributed by atoms with Gasteiger partial charge in [0.25, 0.3) is 0 Å². The van der Waals surface area contributed by atoms with Crippen molar-refractivity contribution in [3.05, 3.63) is 30.0 Å². The molecule has 0 amide bonds. The molecule has 1 aromatic heterocycles. The number of aromatic nitrogens is 1. The van der Waals surface area contributed by atoms with E-state index < -0.39 is 0 Å². The van der Waals surface area contributed by atoms with Crippen molar-refractivity contribution >= 4 is 17.2 Å². The molecule has 84 valence electrons. The van der Waals surface area contributed by atoms with Gasteiger partial charge in [-0.3, -0.25) is 0 Å². The van der Waals surface area contributed by atoms with E-state index in [1.807, 2.05) is 18.2 Å². The van der Waals surface area contributed by atoms with Gasteiger partial charge in [-0.25, -0.2) is 0 Å². The Hall–Kier alpha value is -1.77. The van der Waals surface area contributed by atoms with Gasteiger partial charge < -0.3 is 14.1 Å². The van der Waals surface area contributed by atoms with Crippen molar-refractivity contribution in [2.24, 2.45) is 0 Å². The highest BCUT2D eigenvalue weighted by Crippen LogP contribution is 2.28. The van der Waals surface area contributed by atoms with Gasteiger partial charge in [0.05, 0.1) is 12.6 Å². The first-order chi connectivity index (χ1) is 7.81. The van der Waals surface area contributed by atoms with Crippen LogP contribution in [0.5, 0.6) is 5.75 Å². The fourth-order valence-electron chi connectivity index (χ4n) is 2.13. The van der Waals surface area contributed by atoms with E-state index in [1.165, 1.54) is 0 Å². The quantitative estimate of drug-likeness (QED) is 0.736. The number of nitrogens with zero attached hydrogens (tertiary/aromatic N) is 1. The van der Waals surface area contributed by atoms with Crippen LogP contribution in [0.25, 0.3) is 10.9 Å². The maximum Gasteiger partial charge on any atom is 0.143 e. The molecule has 3 nitrogen and oxygen atoms in total. The molecule has 0 bridgehead atoms. The highest BCUT2D eigenvalue weighted by atomic mass is 16.5.